The quantitative estimate of drug-likeness (QED) is 0.359. The fourth-order valence-corrected chi connectivity index (χ4v) is 4.46. The molecule has 1 aliphatic heterocycles. The highest BCUT2D eigenvalue weighted by molar-refractivity contribution is 6.41. The van der Waals surface area contributed by atoms with Crippen LogP contribution in [-0.4, -0.2) is 37.9 Å². The summed E-state index contributed by atoms with van der Waals surface area (Å²) in [5, 5.41) is 0.424. The first kappa shape index (κ1) is 24.0. The molecule has 1 aliphatic rings. The van der Waals surface area contributed by atoms with Crippen molar-refractivity contribution < 1.29 is 9.53 Å². The first-order chi connectivity index (χ1) is 16.2. The van der Waals surface area contributed by atoms with Gasteiger partial charge in [0.15, 0.2) is 5.82 Å². The van der Waals surface area contributed by atoms with Gasteiger partial charge in [-0.05, 0) is 26.3 Å². The Morgan fingerprint density at radius 2 is 2.00 bits per heavy atom. The van der Waals surface area contributed by atoms with E-state index in [9.17, 15) is 4.79 Å². The summed E-state index contributed by atoms with van der Waals surface area (Å²) in [5.74, 6) is 1.43. The Morgan fingerprint density at radius 1 is 1.24 bits per heavy atom. The van der Waals surface area contributed by atoms with Crippen molar-refractivity contribution in [2.75, 3.05) is 17.7 Å². The average molecular weight is 502 g/mol. The van der Waals surface area contributed by atoms with Crippen molar-refractivity contribution in [3.05, 3.63) is 50.4 Å². The lowest BCUT2D eigenvalue weighted by atomic mass is 10.1. The molecule has 0 fully saturated rings. The van der Waals surface area contributed by atoms with E-state index >= 15 is 0 Å². The van der Waals surface area contributed by atoms with Crippen LogP contribution < -0.4 is 15.4 Å². The van der Waals surface area contributed by atoms with Gasteiger partial charge in [0.1, 0.15) is 27.6 Å². The minimum absolute atomic E-state index is 0.0337. The maximum Gasteiger partial charge on any atom is 0.260 e. The Hall–Kier alpha value is -3.17. The van der Waals surface area contributed by atoms with Crippen LogP contribution in [0.4, 0.5) is 11.8 Å². The van der Waals surface area contributed by atoms with E-state index in [1.165, 1.54) is 4.90 Å². The number of aromatic nitrogens is 5. The molecule has 11 heteroatoms. The average Bonchev–Trinajstić information content (AvgIpc) is 3.26. The summed E-state index contributed by atoms with van der Waals surface area (Å²) in [6, 6.07) is 0. The number of nitrogen functional groups attached to an aromatic ring is 1. The number of halogens is 2. The first-order valence-electron chi connectivity index (χ1n) is 10.9. The smallest absolute Gasteiger partial charge is 0.260 e. The predicted molar refractivity (Wildman–Crippen MR) is 133 cm³/mol. The number of ether oxygens (including phenoxy) is 1. The Labute approximate surface area is 207 Å². The number of unbranched alkanes of at least 4 members (excludes halogenated alkanes) is 1. The largest absolute Gasteiger partial charge is 0.496 e. The van der Waals surface area contributed by atoms with Gasteiger partial charge in [0.25, 0.3) is 5.91 Å². The summed E-state index contributed by atoms with van der Waals surface area (Å²) in [5.41, 5.74) is 9.37. The van der Waals surface area contributed by atoms with Crippen molar-refractivity contribution in [1.82, 2.24) is 24.9 Å². The molecule has 0 radical (unpaired) electrons. The number of aryl methyl sites for hydroxylation is 2. The Balaban J connectivity index is 1.79. The molecule has 0 saturated carbocycles. The molecule has 178 valence electrons. The number of nitrogens with zero attached hydrogens (tertiary/aromatic N) is 5. The number of carbonyl (C=O) groups excluding carboxylic acids is 1. The molecule has 0 saturated heterocycles. The molecule has 0 unspecified atom stereocenters. The van der Waals surface area contributed by atoms with Crippen LogP contribution in [0.3, 0.4) is 0 Å². The van der Waals surface area contributed by atoms with Crippen LogP contribution in [0.2, 0.25) is 10.3 Å². The van der Waals surface area contributed by atoms with Crippen LogP contribution in [0.1, 0.15) is 53.7 Å². The van der Waals surface area contributed by atoms with Gasteiger partial charge in [0.2, 0.25) is 5.95 Å². The Morgan fingerprint density at radius 3 is 2.71 bits per heavy atom. The van der Waals surface area contributed by atoms with Crippen LogP contribution in [0.15, 0.2) is 6.20 Å². The molecule has 0 spiro atoms. The number of anilines is 2. The van der Waals surface area contributed by atoms with Crippen LogP contribution in [0.25, 0.3) is 11.6 Å². The minimum Gasteiger partial charge on any atom is -0.496 e. The number of aromatic amines is 1. The molecule has 0 aliphatic carbocycles. The highest BCUT2D eigenvalue weighted by atomic mass is 35.5. The van der Waals surface area contributed by atoms with Crippen LogP contribution in [-0.2, 0) is 17.8 Å². The molecule has 0 bridgehead atoms. The van der Waals surface area contributed by atoms with Crippen molar-refractivity contribution in [3.8, 4) is 5.75 Å². The van der Waals surface area contributed by atoms with Gasteiger partial charge in [-0.2, -0.15) is 4.98 Å². The zero-order chi connectivity index (χ0) is 24.6. The summed E-state index contributed by atoms with van der Waals surface area (Å²) in [6.07, 6.45) is 6.08. The van der Waals surface area contributed by atoms with Gasteiger partial charge in [0.05, 0.1) is 30.5 Å². The van der Waals surface area contributed by atoms with E-state index < -0.39 is 0 Å². The second-order valence-corrected chi connectivity index (χ2v) is 8.79. The molecular formula is C23H25Cl2N7O2. The molecule has 9 nitrogen and oxygen atoms in total. The topological polar surface area (TPSA) is 123 Å². The maximum absolute atomic E-state index is 13.6. The van der Waals surface area contributed by atoms with Gasteiger partial charge in [-0.3, -0.25) is 14.7 Å². The lowest BCUT2D eigenvalue weighted by molar-refractivity contribution is -0.113. The summed E-state index contributed by atoms with van der Waals surface area (Å²) in [4.78, 5) is 35.6. The molecule has 4 heterocycles. The number of rotatable bonds is 7. The minimum atomic E-state index is -0.327. The van der Waals surface area contributed by atoms with E-state index in [4.69, 9.17) is 33.7 Å². The van der Waals surface area contributed by atoms with Crippen molar-refractivity contribution in [1.29, 1.82) is 0 Å². The number of hydrogen-bond acceptors (Lipinski definition) is 7. The number of methoxy groups -OCH3 is 1. The van der Waals surface area contributed by atoms with Gasteiger partial charge in [0, 0.05) is 23.7 Å². The van der Waals surface area contributed by atoms with Gasteiger partial charge in [-0.25, -0.2) is 9.97 Å². The number of carbonyl (C=O) groups is 1. The number of fused-ring (bicyclic) bond motifs is 1. The molecule has 4 rings (SSSR count). The van der Waals surface area contributed by atoms with Crippen LogP contribution >= 0.6 is 23.2 Å². The number of imidazole rings is 1. The predicted octanol–water partition coefficient (Wildman–Crippen LogP) is 4.54. The summed E-state index contributed by atoms with van der Waals surface area (Å²) in [7, 11) is 1.60. The standard InChI is InChI=1S/C23H25Cl2N7O2/c1-5-6-7-16-28-14(19(24)29-16)8-13-17-20(25)30-23(26)31-21(17)32(22(13)33)10-15-12(3)18(34-4)11(2)9-27-15/h8-9H,5-7,10H2,1-4H3,(H,28,29)(H2,26,30,31)/b13-8-. The van der Waals surface area contributed by atoms with Crippen LogP contribution in [0.5, 0.6) is 5.75 Å². The van der Waals surface area contributed by atoms with Crippen molar-refractivity contribution in [3.63, 3.8) is 0 Å². The number of pyridine rings is 1. The number of nitrogens with two attached hydrogens (primary N) is 1. The van der Waals surface area contributed by atoms with Gasteiger partial charge in [-0.15, -0.1) is 0 Å². The molecule has 3 N–H and O–H groups in total. The number of nitrogens with one attached hydrogen (secondary N) is 1. The van der Waals surface area contributed by atoms with Gasteiger partial charge >= 0.3 is 0 Å². The zero-order valence-corrected chi connectivity index (χ0v) is 20.9. The SMILES string of the molecule is CCCCc1nc(/C=C2\C(=O)N(Cc3ncc(C)c(OC)c3C)c3nc(N)nc(Cl)c32)c(Cl)[nH]1. The van der Waals surface area contributed by atoms with E-state index in [2.05, 4.69) is 31.8 Å². The second kappa shape index (κ2) is 9.60. The number of H-pyrrole nitrogens is 1. The Kier molecular flexibility index (Phi) is 6.77. The molecule has 0 atom stereocenters. The fraction of sp³-hybridized carbons (Fsp3) is 0.348. The lowest BCUT2D eigenvalue weighted by Gasteiger charge is -2.19. The van der Waals surface area contributed by atoms with E-state index in [1.807, 2.05) is 13.8 Å². The highest BCUT2D eigenvalue weighted by Crippen LogP contribution is 2.42. The van der Waals surface area contributed by atoms with Crippen LogP contribution in [0, 0.1) is 13.8 Å². The van der Waals surface area contributed by atoms with Crippen molar-refractivity contribution >= 4 is 52.5 Å². The van der Waals surface area contributed by atoms with E-state index in [1.54, 1.807) is 19.4 Å². The van der Waals surface area contributed by atoms with Crippen molar-refractivity contribution in [2.45, 2.75) is 46.6 Å². The second-order valence-electron chi connectivity index (χ2n) is 8.05. The number of amides is 1. The lowest BCUT2D eigenvalue weighted by Crippen LogP contribution is -2.27. The molecule has 3 aromatic heterocycles. The monoisotopic (exact) mass is 501 g/mol. The Bertz CT molecular complexity index is 1300. The molecule has 34 heavy (non-hydrogen) atoms. The molecular weight excluding hydrogens is 477 g/mol. The fourth-order valence-electron chi connectivity index (χ4n) is 3.98. The third-order valence-corrected chi connectivity index (χ3v) is 6.27. The van der Waals surface area contributed by atoms with E-state index in [0.29, 0.717) is 27.9 Å². The van der Waals surface area contributed by atoms with E-state index in [-0.39, 0.29) is 29.1 Å². The highest BCUT2D eigenvalue weighted by Gasteiger charge is 2.38. The summed E-state index contributed by atoms with van der Waals surface area (Å²) in [6.45, 7) is 6.06. The zero-order valence-electron chi connectivity index (χ0n) is 19.4. The van der Waals surface area contributed by atoms with Gasteiger partial charge in [-0.1, -0.05) is 36.5 Å². The first-order valence-corrected chi connectivity index (χ1v) is 11.6. The summed E-state index contributed by atoms with van der Waals surface area (Å²) >= 11 is 12.8. The third kappa shape index (κ3) is 4.33. The normalized spacial score (nSPS) is 14.2. The van der Waals surface area contributed by atoms with Crippen molar-refractivity contribution in [2.24, 2.45) is 0 Å². The van der Waals surface area contributed by atoms with Gasteiger partial charge < -0.3 is 15.5 Å². The molecule has 1 amide bonds. The molecule has 0 aromatic carbocycles. The number of hydrogen-bond donors (Lipinski definition) is 2. The maximum atomic E-state index is 13.6. The summed E-state index contributed by atoms with van der Waals surface area (Å²) < 4.78 is 5.51. The molecule has 3 aromatic rings. The van der Waals surface area contributed by atoms with E-state index in [0.717, 1.165) is 42.0 Å². The third-order valence-electron chi connectivity index (χ3n) is 5.70.